The number of hydrogen-bond acceptors (Lipinski definition) is 5. The summed E-state index contributed by atoms with van der Waals surface area (Å²) in [6, 6.07) is 15.0. The summed E-state index contributed by atoms with van der Waals surface area (Å²) < 4.78 is 8.12. The SMILES string of the molecule is CCc1nc2ccccc2c(=O)n1N=Cc1cc(Br)cc(Br)c1OC(=O)c1ccc(Cl)cc1Cl. The quantitative estimate of drug-likeness (QED) is 0.138. The number of carbonyl (C=O) groups is 1. The Bertz CT molecular complexity index is 1520. The minimum absolute atomic E-state index is 0.159. The van der Waals surface area contributed by atoms with Gasteiger partial charge in [0.25, 0.3) is 5.56 Å². The van der Waals surface area contributed by atoms with Gasteiger partial charge in [-0.3, -0.25) is 4.79 Å². The molecule has 0 amide bonds. The highest BCUT2D eigenvalue weighted by atomic mass is 79.9. The van der Waals surface area contributed by atoms with Crippen LogP contribution in [0.15, 0.2) is 73.4 Å². The first-order valence-electron chi connectivity index (χ1n) is 9.99. The van der Waals surface area contributed by atoms with Crippen molar-refractivity contribution < 1.29 is 9.53 Å². The summed E-state index contributed by atoms with van der Waals surface area (Å²) in [6.07, 6.45) is 1.94. The fourth-order valence-corrected chi connectivity index (χ4v) is 5.05. The lowest BCUT2D eigenvalue weighted by Gasteiger charge is -2.12. The molecule has 3 aromatic carbocycles. The number of aromatic nitrogens is 2. The molecule has 4 aromatic rings. The van der Waals surface area contributed by atoms with Crippen LogP contribution in [0, 0.1) is 0 Å². The van der Waals surface area contributed by atoms with Gasteiger partial charge in [-0.2, -0.15) is 9.78 Å². The molecule has 0 bridgehead atoms. The number of nitrogens with zero attached hydrogens (tertiary/aromatic N) is 3. The molecule has 1 heterocycles. The molecule has 0 fully saturated rings. The Morgan fingerprint density at radius 2 is 1.91 bits per heavy atom. The van der Waals surface area contributed by atoms with E-state index in [1.165, 1.54) is 23.0 Å². The number of rotatable bonds is 5. The van der Waals surface area contributed by atoms with E-state index in [0.29, 0.717) is 42.7 Å². The average molecular weight is 624 g/mol. The van der Waals surface area contributed by atoms with Crippen molar-refractivity contribution in [3.8, 4) is 5.75 Å². The van der Waals surface area contributed by atoms with Crippen LogP contribution in [0.4, 0.5) is 0 Å². The summed E-state index contributed by atoms with van der Waals surface area (Å²) in [6.45, 7) is 1.89. The van der Waals surface area contributed by atoms with Gasteiger partial charge in [0, 0.05) is 21.5 Å². The van der Waals surface area contributed by atoms with Crippen LogP contribution < -0.4 is 10.3 Å². The van der Waals surface area contributed by atoms with E-state index >= 15 is 0 Å². The first-order chi connectivity index (χ1) is 16.3. The molecule has 0 aliphatic heterocycles. The fraction of sp³-hybridized carbons (Fsp3) is 0.0833. The largest absolute Gasteiger partial charge is 0.421 e. The summed E-state index contributed by atoms with van der Waals surface area (Å²) >= 11 is 18.9. The molecule has 6 nitrogen and oxygen atoms in total. The number of aryl methyl sites for hydroxylation is 1. The third kappa shape index (κ3) is 5.10. The van der Waals surface area contributed by atoms with Crippen molar-refractivity contribution in [1.29, 1.82) is 0 Å². The van der Waals surface area contributed by atoms with Gasteiger partial charge in [0.05, 0.1) is 32.2 Å². The lowest BCUT2D eigenvalue weighted by molar-refractivity contribution is 0.0733. The zero-order chi connectivity index (χ0) is 24.4. The Labute approximate surface area is 221 Å². The normalized spacial score (nSPS) is 11.3. The zero-order valence-corrected chi connectivity index (χ0v) is 22.2. The maximum absolute atomic E-state index is 13.1. The van der Waals surface area contributed by atoms with Crippen molar-refractivity contribution in [2.24, 2.45) is 5.10 Å². The van der Waals surface area contributed by atoms with E-state index in [2.05, 4.69) is 41.9 Å². The van der Waals surface area contributed by atoms with Gasteiger partial charge in [-0.15, -0.1) is 0 Å². The molecule has 0 unspecified atom stereocenters. The van der Waals surface area contributed by atoms with Crippen LogP contribution >= 0.6 is 55.1 Å². The molecule has 0 N–H and O–H groups in total. The Balaban J connectivity index is 1.77. The Hall–Kier alpha value is -2.52. The van der Waals surface area contributed by atoms with Gasteiger partial charge in [-0.25, -0.2) is 9.78 Å². The summed E-state index contributed by atoms with van der Waals surface area (Å²) in [5, 5.41) is 5.42. The van der Waals surface area contributed by atoms with Crippen molar-refractivity contribution in [2.45, 2.75) is 13.3 Å². The van der Waals surface area contributed by atoms with Crippen molar-refractivity contribution in [1.82, 2.24) is 9.66 Å². The van der Waals surface area contributed by atoms with Crippen molar-refractivity contribution in [3.63, 3.8) is 0 Å². The number of para-hydroxylation sites is 1. The van der Waals surface area contributed by atoms with E-state index in [1.54, 1.807) is 36.4 Å². The van der Waals surface area contributed by atoms with Crippen molar-refractivity contribution >= 4 is 78.1 Å². The van der Waals surface area contributed by atoms with E-state index in [1.807, 2.05) is 13.0 Å². The highest BCUT2D eigenvalue weighted by molar-refractivity contribution is 9.11. The number of benzene rings is 3. The zero-order valence-electron chi connectivity index (χ0n) is 17.6. The maximum atomic E-state index is 13.1. The summed E-state index contributed by atoms with van der Waals surface area (Å²) in [4.78, 5) is 30.4. The molecular weight excluding hydrogens is 609 g/mol. The number of hydrogen-bond donors (Lipinski definition) is 0. The van der Waals surface area contributed by atoms with Gasteiger partial charge < -0.3 is 4.74 Å². The molecule has 0 spiro atoms. The van der Waals surface area contributed by atoms with E-state index in [9.17, 15) is 9.59 Å². The van der Waals surface area contributed by atoms with E-state index in [-0.39, 0.29) is 21.9 Å². The summed E-state index contributed by atoms with van der Waals surface area (Å²) in [5.41, 5.74) is 0.920. The molecule has 172 valence electrons. The van der Waals surface area contributed by atoms with Crippen LogP contribution in [-0.4, -0.2) is 21.8 Å². The molecule has 0 saturated heterocycles. The molecule has 34 heavy (non-hydrogen) atoms. The predicted octanol–water partition coefficient (Wildman–Crippen LogP) is 6.89. The Morgan fingerprint density at radius 1 is 1.15 bits per heavy atom. The molecule has 1 aromatic heterocycles. The number of carbonyl (C=O) groups excluding carboxylic acids is 1. The molecule has 0 aliphatic carbocycles. The Kier molecular flexibility index (Phi) is 7.52. The van der Waals surface area contributed by atoms with Gasteiger partial charge in [0.15, 0.2) is 5.75 Å². The molecule has 4 rings (SSSR count). The van der Waals surface area contributed by atoms with Crippen LogP contribution in [0.25, 0.3) is 10.9 Å². The molecule has 10 heteroatoms. The lowest BCUT2D eigenvalue weighted by atomic mass is 10.2. The van der Waals surface area contributed by atoms with Crippen LogP contribution in [-0.2, 0) is 6.42 Å². The first kappa shape index (κ1) is 24.6. The molecule has 0 aliphatic rings. The van der Waals surface area contributed by atoms with Gasteiger partial charge >= 0.3 is 5.97 Å². The van der Waals surface area contributed by atoms with E-state index in [4.69, 9.17) is 27.9 Å². The van der Waals surface area contributed by atoms with Gasteiger partial charge in [0.1, 0.15) is 5.82 Å². The van der Waals surface area contributed by atoms with E-state index < -0.39 is 5.97 Å². The molecule has 0 radical (unpaired) electrons. The van der Waals surface area contributed by atoms with Gasteiger partial charge in [-0.05, 0) is 58.4 Å². The third-order valence-electron chi connectivity index (χ3n) is 4.83. The minimum Gasteiger partial charge on any atom is -0.421 e. The van der Waals surface area contributed by atoms with Crippen LogP contribution in [0.1, 0.15) is 28.7 Å². The van der Waals surface area contributed by atoms with Gasteiger partial charge in [-0.1, -0.05) is 58.2 Å². The van der Waals surface area contributed by atoms with Crippen LogP contribution in [0.5, 0.6) is 5.75 Å². The second-order valence-corrected chi connectivity index (χ2v) is 9.69. The molecule has 0 atom stereocenters. The number of fused-ring (bicyclic) bond motifs is 1. The smallest absolute Gasteiger partial charge is 0.345 e. The highest BCUT2D eigenvalue weighted by Gasteiger charge is 2.18. The second-order valence-electron chi connectivity index (χ2n) is 7.08. The van der Waals surface area contributed by atoms with Crippen molar-refractivity contribution in [3.05, 3.63) is 101 Å². The third-order valence-corrected chi connectivity index (χ3v) is 6.43. The maximum Gasteiger partial charge on any atom is 0.345 e. The van der Waals surface area contributed by atoms with E-state index in [0.717, 1.165) is 0 Å². The highest BCUT2D eigenvalue weighted by Crippen LogP contribution is 2.33. The lowest BCUT2D eigenvalue weighted by Crippen LogP contribution is -2.22. The summed E-state index contributed by atoms with van der Waals surface area (Å²) in [7, 11) is 0. The van der Waals surface area contributed by atoms with Gasteiger partial charge in [0.2, 0.25) is 0 Å². The van der Waals surface area contributed by atoms with Crippen molar-refractivity contribution in [2.75, 3.05) is 0 Å². The molecule has 0 saturated carbocycles. The predicted molar refractivity (Wildman–Crippen MR) is 142 cm³/mol. The standard InChI is InChI=1S/C24H15Br2Cl2N3O3/c1-2-21-30-20-6-4-3-5-17(20)23(32)31(21)29-12-13-9-14(25)10-18(26)22(13)34-24(33)16-8-7-15(27)11-19(16)28/h3-12H,2H2,1H3. The Morgan fingerprint density at radius 3 is 2.65 bits per heavy atom. The number of halogens is 4. The fourth-order valence-electron chi connectivity index (χ4n) is 3.22. The first-order valence-corrected chi connectivity index (χ1v) is 12.3. The molecular formula is C24H15Br2Cl2N3O3. The number of ether oxygens (including phenoxy) is 1. The minimum atomic E-state index is -0.668. The monoisotopic (exact) mass is 621 g/mol. The number of esters is 1. The average Bonchev–Trinajstić information content (AvgIpc) is 2.80. The topological polar surface area (TPSA) is 73.6 Å². The summed E-state index contributed by atoms with van der Waals surface area (Å²) in [5.74, 6) is 0.0430. The van der Waals surface area contributed by atoms with Crippen LogP contribution in [0.3, 0.4) is 0 Å². The van der Waals surface area contributed by atoms with Crippen LogP contribution in [0.2, 0.25) is 10.0 Å². The second kappa shape index (κ2) is 10.4.